The fourth-order valence-corrected chi connectivity index (χ4v) is 4.87. The molecule has 1 N–H and O–H groups in total. The van der Waals surface area contributed by atoms with Crippen molar-refractivity contribution in [1.29, 1.82) is 0 Å². The fourth-order valence-electron chi connectivity index (χ4n) is 4.64. The second kappa shape index (κ2) is 10.4. The van der Waals surface area contributed by atoms with E-state index in [0.29, 0.717) is 12.8 Å². The Hall–Kier alpha value is -3.89. The number of benzene rings is 3. The quantitative estimate of drug-likeness (QED) is 0.256. The van der Waals surface area contributed by atoms with Gasteiger partial charge in [0.25, 0.3) is 0 Å². The second-order valence-corrected chi connectivity index (χ2v) is 9.51. The van der Waals surface area contributed by atoms with Gasteiger partial charge in [-0.15, -0.1) is 0 Å². The van der Waals surface area contributed by atoms with Gasteiger partial charge in [-0.25, -0.2) is 4.98 Å². The third-order valence-corrected chi connectivity index (χ3v) is 6.77. The van der Waals surface area contributed by atoms with E-state index in [1.54, 1.807) is 0 Å². The largest absolute Gasteiger partial charge is 0.350 e. The smallest absolute Gasteiger partial charge is 0.220 e. The molecule has 0 aliphatic heterocycles. The van der Waals surface area contributed by atoms with Crippen LogP contribution in [0.4, 0.5) is 0 Å². The van der Waals surface area contributed by atoms with Gasteiger partial charge in [0, 0.05) is 23.2 Å². The number of aromatic nitrogens is 2. The Bertz CT molecular complexity index is 1510. The van der Waals surface area contributed by atoms with Crippen LogP contribution in [0.3, 0.4) is 0 Å². The van der Waals surface area contributed by atoms with Gasteiger partial charge in [0.05, 0.1) is 17.4 Å². The molecule has 2 heterocycles. The highest BCUT2D eigenvalue weighted by Crippen LogP contribution is 2.30. The summed E-state index contributed by atoms with van der Waals surface area (Å²) < 4.78 is 2.12. The van der Waals surface area contributed by atoms with Gasteiger partial charge in [-0.3, -0.25) is 4.79 Å². The number of fused-ring (bicyclic) bond motifs is 1. The number of nitrogens with one attached hydrogen (secondary N) is 1. The molecule has 180 valence electrons. The highest BCUT2D eigenvalue weighted by Gasteiger charge is 2.17. The van der Waals surface area contributed by atoms with Gasteiger partial charge in [0.2, 0.25) is 5.91 Å². The first-order chi connectivity index (χ1) is 17.5. The summed E-state index contributed by atoms with van der Waals surface area (Å²) in [6.45, 7) is 4.07. The van der Waals surface area contributed by atoms with Crippen LogP contribution in [0.25, 0.3) is 28.0 Å². The average Bonchev–Trinajstić information content (AvgIpc) is 3.26. The van der Waals surface area contributed by atoms with Crippen LogP contribution in [0.1, 0.15) is 36.2 Å². The molecule has 1 atom stereocenters. The van der Waals surface area contributed by atoms with Crippen molar-refractivity contribution >= 4 is 23.2 Å². The zero-order valence-corrected chi connectivity index (χ0v) is 21.2. The van der Waals surface area contributed by atoms with Gasteiger partial charge in [-0.1, -0.05) is 78.3 Å². The van der Waals surface area contributed by atoms with Crippen molar-refractivity contribution in [3.05, 3.63) is 119 Å². The van der Waals surface area contributed by atoms with E-state index in [1.165, 1.54) is 0 Å². The normalized spacial score (nSPS) is 12.0. The van der Waals surface area contributed by atoms with E-state index in [4.69, 9.17) is 16.6 Å². The summed E-state index contributed by atoms with van der Waals surface area (Å²) >= 11 is 6.19. The SMILES string of the molecule is Cc1cc(Cl)ccc1-c1ccc2nc(-c3ccccc3)c(CCC(=O)N[C@@H](C)c3ccccc3)n2c1. The first-order valence-corrected chi connectivity index (χ1v) is 12.5. The number of imidazole rings is 1. The zero-order valence-electron chi connectivity index (χ0n) is 20.4. The molecule has 0 aliphatic carbocycles. The van der Waals surface area contributed by atoms with E-state index in [0.717, 1.165) is 49.9 Å². The summed E-state index contributed by atoms with van der Waals surface area (Å²) in [5, 5.41) is 3.86. The maximum atomic E-state index is 12.9. The van der Waals surface area contributed by atoms with E-state index < -0.39 is 0 Å². The molecule has 0 aliphatic rings. The number of pyridine rings is 1. The van der Waals surface area contributed by atoms with Crippen LogP contribution in [0.5, 0.6) is 0 Å². The number of carbonyl (C=O) groups is 1. The Balaban J connectivity index is 1.48. The highest BCUT2D eigenvalue weighted by molar-refractivity contribution is 6.30. The van der Waals surface area contributed by atoms with Crippen molar-refractivity contribution in [3.8, 4) is 22.4 Å². The number of hydrogen-bond acceptors (Lipinski definition) is 2. The topological polar surface area (TPSA) is 46.4 Å². The molecular formula is C31H28ClN3O. The van der Waals surface area contributed by atoms with Gasteiger partial charge in [-0.2, -0.15) is 0 Å². The summed E-state index contributed by atoms with van der Waals surface area (Å²) in [6, 6.07) is 30.2. The molecule has 5 aromatic rings. The molecule has 5 heteroatoms. The lowest BCUT2D eigenvalue weighted by molar-refractivity contribution is -0.121. The standard InChI is InChI=1S/C31H28ClN3O/c1-21-19-26(32)14-15-27(21)25-13-17-29-34-31(24-11-7-4-8-12-24)28(35(29)20-25)16-18-30(36)33-22(2)23-9-5-3-6-10-23/h3-15,17,19-20,22H,16,18H2,1-2H3,(H,33,36)/t22-/m0/s1. The third kappa shape index (κ3) is 5.05. The minimum absolute atomic E-state index is 0.0185. The molecule has 36 heavy (non-hydrogen) atoms. The predicted octanol–water partition coefficient (Wildman–Crippen LogP) is 7.44. The number of nitrogens with zero attached hydrogens (tertiary/aromatic N) is 2. The number of carbonyl (C=O) groups excluding carboxylic acids is 1. The fraction of sp³-hybridized carbons (Fsp3) is 0.161. The molecule has 0 bridgehead atoms. The third-order valence-electron chi connectivity index (χ3n) is 6.53. The van der Waals surface area contributed by atoms with Gasteiger partial charge in [-0.05, 0) is 66.8 Å². The molecule has 5 rings (SSSR count). The Kier molecular flexibility index (Phi) is 6.88. The first kappa shape index (κ1) is 23.8. The Morgan fingerprint density at radius 3 is 2.39 bits per heavy atom. The van der Waals surface area contributed by atoms with Crippen molar-refractivity contribution in [2.75, 3.05) is 0 Å². The lowest BCUT2D eigenvalue weighted by atomic mass is 10.0. The second-order valence-electron chi connectivity index (χ2n) is 9.08. The number of rotatable bonds is 7. The minimum Gasteiger partial charge on any atom is -0.350 e. The van der Waals surface area contributed by atoms with E-state index in [9.17, 15) is 4.79 Å². The van der Waals surface area contributed by atoms with Crippen LogP contribution in [-0.2, 0) is 11.2 Å². The molecule has 0 radical (unpaired) electrons. The van der Waals surface area contributed by atoms with Crippen LogP contribution in [-0.4, -0.2) is 15.3 Å². The number of hydrogen-bond donors (Lipinski definition) is 1. The Morgan fingerprint density at radius 2 is 1.67 bits per heavy atom. The molecule has 0 saturated heterocycles. The van der Waals surface area contributed by atoms with Crippen molar-refractivity contribution in [3.63, 3.8) is 0 Å². The number of amides is 1. The van der Waals surface area contributed by atoms with Gasteiger partial charge in [0.1, 0.15) is 5.65 Å². The molecule has 2 aromatic heterocycles. The van der Waals surface area contributed by atoms with Gasteiger partial charge in [0.15, 0.2) is 0 Å². The van der Waals surface area contributed by atoms with Crippen LogP contribution in [0.15, 0.2) is 97.2 Å². The monoisotopic (exact) mass is 493 g/mol. The lowest BCUT2D eigenvalue weighted by Crippen LogP contribution is -2.26. The molecule has 0 fully saturated rings. The minimum atomic E-state index is -0.0473. The van der Waals surface area contributed by atoms with Crippen molar-refractivity contribution in [2.24, 2.45) is 0 Å². The molecule has 1 amide bonds. The van der Waals surface area contributed by atoms with Crippen molar-refractivity contribution < 1.29 is 4.79 Å². The Morgan fingerprint density at radius 1 is 0.944 bits per heavy atom. The molecule has 0 spiro atoms. The number of aryl methyl sites for hydroxylation is 2. The molecule has 0 saturated carbocycles. The van der Waals surface area contributed by atoms with Gasteiger partial charge < -0.3 is 9.72 Å². The summed E-state index contributed by atoms with van der Waals surface area (Å²) in [5.41, 5.74) is 8.23. The zero-order chi connectivity index (χ0) is 25.1. The van der Waals surface area contributed by atoms with Crippen LogP contribution in [0.2, 0.25) is 5.02 Å². The van der Waals surface area contributed by atoms with Gasteiger partial charge >= 0.3 is 0 Å². The van der Waals surface area contributed by atoms with E-state index in [-0.39, 0.29) is 11.9 Å². The van der Waals surface area contributed by atoms with E-state index in [2.05, 4.69) is 41.0 Å². The lowest BCUT2D eigenvalue weighted by Gasteiger charge is -2.14. The summed E-state index contributed by atoms with van der Waals surface area (Å²) in [6.07, 6.45) is 3.06. The maximum absolute atomic E-state index is 12.9. The summed E-state index contributed by atoms with van der Waals surface area (Å²) in [5.74, 6) is 0.0185. The Labute approximate surface area is 216 Å². The van der Waals surface area contributed by atoms with Crippen LogP contribution < -0.4 is 5.32 Å². The molecular weight excluding hydrogens is 466 g/mol. The van der Waals surface area contributed by atoms with Crippen molar-refractivity contribution in [2.45, 2.75) is 32.7 Å². The summed E-state index contributed by atoms with van der Waals surface area (Å²) in [4.78, 5) is 17.9. The molecule has 4 nitrogen and oxygen atoms in total. The first-order valence-electron chi connectivity index (χ1n) is 12.2. The van der Waals surface area contributed by atoms with E-state index in [1.807, 2.05) is 79.7 Å². The van der Waals surface area contributed by atoms with Crippen molar-refractivity contribution in [1.82, 2.24) is 14.7 Å². The highest BCUT2D eigenvalue weighted by atomic mass is 35.5. The summed E-state index contributed by atoms with van der Waals surface area (Å²) in [7, 11) is 0. The average molecular weight is 494 g/mol. The number of halogens is 1. The van der Waals surface area contributed by atoms with Crippen LogP contribution in [0, 0.1) is 6.92 Å². The van der Waals surface area contributed by atoms with Crippen LogP contribution >= 0.6 is 11.6 Å². The molecule has 3 aromatic carbocycles. The molecule has 0 unspecified atom stereocenters. The maximum Gasteiger partial charge on any atom is 0.220 e. The van der Waals surface area contributed by atoms with E-state index >= 15 is 0 Å². The predicted molar refractivity (Wildman–Crippen MR) is 147 cm³/mol.